The summed E-state index contributed by atoms with van der Waals surface area (Å²) in [4.78, 5) is 31.4. The molecule has 0 bridgehead atoms. The average molecular weight is 282 g/mol. The molecule has 1 aliphatic heterocycles. The van der Waals surface area contributed by atoms with Gasteiger partial charge in [-0.15, -0.1) is 11.3 Å². The maximum absolute atomic E-state index is 12.1. The van der Waals surface area contributed by atoms with E-state index >= 15 is 0 Å². The lowest BCUT2D eigenvalue weighted by Gasteiger charge is -2.34. The standard InChI is InChI=1S/C12H18N4O2S/c1-9(2)14-12(18)16-5-3-15(4-6-16)11(17)10-7-19-8-13-10/h7-9H,3-6H2,1-2H3,(H,14,18). The van der Waals surface area contributed by atoms with Crippen LogP contribution in [0.3, 0.4) is 0 Å². The molecule has 2 heterocycles. The van der Waals surface area contributed by atoms with Gasteiger partial charge in [-0.2, -0.15) is 0 Å². The van der Waals surface area contributed by atoms with Crippen molar-refractivity contribution in [2.75, 3.05) is 26.2 Å². The molecule has 0 unspecified atom stereocenters. The molecule has 19 heavy (non-hydrogen) atoms. The van der Waals surface area contributed by atoms with Gasteiger partial charge in [0.15, 0.2) is 0 Å². The van der Waals surface area contributed by atoms with Crippen LogP contribution in [0.25, 0.3) is 0 Å². The van der Waals surface area contributed by atoms with E-state index in [-0.39, 0.29) is 18.0 Å². The van der Waals surface area contributed by atoms with Crippen LogP contribution in [0.15, 0.2) is 10.9 Å². The minimum Gasteiger partial charge on any atom is -0.336 e. The molecule has 0 aromatic carbocycles. The van der Waals surface area contributed by atoms with Crippen LogP contribution in [-0.2, 0) is 0 Å². The Hall–Kier alpha value is -1.63. The van der Waals surface area contributed by atoms with Crippen LogP contribution in [0.4, 0.5) is 4.79 Å². The summed E-state index contributed by atoms with van der Waals surface area (Å²) in [5, 5.41) is 4.61. The lowest BCUT2D eigenvalue weighted by atomic mass is 10.3. The van der Waals surface area contributed by atoms with Gasteiger partial charge in [0.2, 0.25) is 0 Å². The van der Waals surface area contributed by atoms with E-state index < -0.39 is 0 Å². The highest BCUT2D eigenvalue weighted by Crippen LogP contribution is 2.09. The number of piperazine rings is 1. The molecule has 1 aliphatic rings. The zero-order chi connectivity index (χ0) is 13.8. The maximum atomic E-state index is 12.1. The molecule has 104 valence electrons. The fourth-order valence-electron chi connectivity index (χ4n) is 1.93. The number of nitrogens with zero attached hydrogens (tertiary/aromatic N) is 3. The van der Waals surface area contributed by atoms with Crippen molar-refractivity contribution in [1.82, 2.24) is 20.1 Å². The number of carbonyl (C=O) groups excluding carboxylic acids is 2. The van der Waals surface area contributed by atoms with Crippen molar-refractivity contribution >= 4 is 23.3 Å². The molecule has 1 fully saturated rings. The smallest absolute Gasteiger partial charge is 0.317 e. The fraction of sp³-hybridized carbons (Fsp3) is 0.583. The Balaban J connectivity index is 1.86. The molecule has 6 nitrogen and oxygen atoms in total. The Morgan fingerprint density at radius 1 is 1.26 bits per heavy atom. The highest BCUT2D eigenvalue weighted by Gasteiger charge is 2.25. The third-order valence-corrected chi connectivity index (χ3v) is 3.50. The molecule has 3 amide bonds. The first-order valence-electron chi connectivity index (χ1n) is 6.31. The van der Waals surface area contributed by atoms with Gasteiger partial charge in [-0.25, -0.2) is 9.78 Å². The van der Waals surface area contributed by atoms with Crippen LogP contribution in [0.1, 0.15) is 24.3 Å². The monoisotopic (exact) mass is 282 g/mol. The Morgan fingerprint density at radius 2 is 1.89 bits per heavy atom. The van der Waals surface area contributed by atoms with E-state index in [0.717, 1.165) is 0 Å². The lowest BCUT2D eigenvalue weighted by molar-refractivity contribution is 0.0659. The molecule has 1 aromatic heterocycles. The van der Waals surface area contributed by atoms with E-state index in [1.807, 2.05) is 13.8 Å². The first-order chi connectivity index (χ1) is 9.08. The number of carbonyl (C=O) groups is 2. The van der Waals surface area contributed by atoms with Gasteiger partial charge in [-0.1, -0.05) is 0 Å². The Labute approximate surface area is 116 Å². The minimum absolute atomic E-state index is 0.0508. The van der Waals surface area contributed by atoms with Crippen LogP contribution >= 0.6 is 11.3 Å². The molecule has 1 N–H and O–H groups in total. The van der Waals surface area contributed by atoms with Crippen LogP contribution in [0.2, 0.25) is 0 Å². The molecular formula is C12H18N4O2S. The van der Waals surface area contributed by atoms with Gasteiger partial charge in [0.1, 0.15) is 5.69 Å². The number of urea groups is 1. The fourth-order valence-corrected chi connectivity index (χ4v) is 2.46. The molecule has 0 saturated carbocycles. The Kier molecular flexibility index (Phi) is 4.36. The van der Waals surface area contributed by atoms with Crippen molar-refractivity contribution in [3.8, 4) is 0 Å². The third kappa shape index (κ3) is 3.44. The summed E-state index contributed by atoms with van der Waals surface area (Å²) in [5.74, 6) is -0.0508. The molecule has 0 aliphatic carbocycles. The van der Waals surface area contributed by atoms with Gasteiger partial charge in [0.05, 0.1) is 5.51 Å². The molecule has 0 radical (unpaired) electrons. The number of hydrogen-bond acceptors (Lipinski definition) is 4. The number of hydrogen-bond donors (Lipinski definition) is 1. The highest BCUT2D eigenvalue weighted by molar-refractivity contribution is 7.07. The highest BCUT2D eigenvalue weighted by atomic mass is 32.1. The maximum Gasteiger partial charge on any atom is 0.317 e. The van der Waals surface area contributed by atoms with Crippen molar-refractivity contribution in [3.63, 3.8) is 0 Å². The number of amides is 3. The van der Waals surface area contributed by atoms with Gasteiger partial charge in [-0.05, 0) is 13.8 Å². The second kappa shape index (κ2) is 6.01. The zero-order valence-corrected chi connectivity index (χ0v) is 11.9. The summed E-state index contributed by atoms with van der Waals surface area (Å²) >= 11 is 1.41. The largest absolute Gasteiger partial charge is 0.336 e. The second-order valence-electron chi connectivity index (χ2n) is 4.76. The van der Waals surface area contributed by atoms with Crippen LogP contribution < -0.4 is 5.32 Å². The summed E-state index contributed by atoms with van der Waals surface area (Å²) in [6.07, 6.45) is 0. The van der Waals surface area contributed by atoms with Crippen LogP contribution in [0.5, 0.6) is 0 Å². The van der Waals surface area contributed by atoms with E-state index in [9.17, 15) is 9.59 Å². The Bertz CT molecular complexity index is 439. The molecule has 7 heteroatoms. The van der Waals surface area contributed by atoms with Crippen molar-refractivity contribution in [1.29, 1.82) is 0 Å². The van der Waals surface area contributed by atoms with E-state index in [4.69, 9.17) is 0 Å². The predicted molar refractivity (Wildman–Crippen MR) is 73.3 cm³/mol. The summed E-state index contributed by atoms with van der Waals surface area (Å²) in [5.41, 5.74) is 2.14. The number of thiazole rings is 1. The van der Waals surface area contributed by atoms with Gasteiger partial charge in [0.25, 0.3) is 5.91 Å². The number of nitrogens with one attached hydrogen (secondary N) is 1. The number of rotatable bonds is 2. The van der Waals surface area contributed by atoms with Crippen LogP contribution in [-0.4, -0.2) is 58.9 Å². The van der Waals surface area contributed by atoms with Gasteiger partial charge in [0, 0.05) is 37.6 Å². The van der Waals surface area contributed by atoms with E-state index in [0.29, 0.717) is 31.9 Å². The lowest BCUT2D eigenvalue weighted by Crippen LogP contribution is -2.54. The molecule has 0 spiro atoms. The second-order valence-corrected chi connectivity index (χ2v) is 5.48. The molecule has 0 atom stereocenters. The normalized spacial score (nSPS) is 15.7. The number of aromatic nitrogens is 1. The molecule has 1 aromatic rings. The molecular weight excluding hydrogens is 264 g/mol. The summed E-state index contributed by atoms with van der Waals surface area (Å²) < 4.78 is 0. The Morgan fingerprint density at radius 3 is 2.42 bits per heavy atom. The van der Waals surface area contributed by atoms with E-state index in [1.54, 1.807) is 20.7 Å². The molecule has 2 rings (SSSR count). The van der Waals surface area contributed by atoms with Gasteiger partial charge in [-0.3, -0.25) is 4.79 Å². The quantitative estimate of drug-likeness (QED) is 0.880. The predicted octanol–water partition coefficient (Wildman–Crippen LogP) is 1.02. The zero-order valence-electron chi connectivity index (χ0n) is 11.1. The average Bonchev–Trinajstić information content (AvgIpc) is 2.91. The van der Waals surface area contributed by atoms with Crippen molar-refractivity contribution < 1.29 is 9.59 Å². The van der Waals surface area contributed by atoms with E-state index in [1.165, 1.54) is 11.3 Å². The van der Waals surface area contributed by atoms with Crippen molar-refractivity contribution in [3.05, 3.63) is 16.6 Å². The molecule has 1 saturated heterocycles. The summed E-state index contributed by atoms with van der Waals surface area (Å²) in [6.45, 7) is 6.10. The first-order valence-corrected chi connectivity index (χ1v) is 7.25. The topological polar surface area (TPSA) is 65.5 Å². The minimum atomic E-state index is -0.0595. The summed E-state index contributed by atoms with van der Waals surface area (Å²) in [7, 11) is 0. The van der Waals surface area contributed by atoms with Crippen molar-refractivity contribution in [2.45, 2.75) is 19.9 Å². The van der Waals surface area contributed by atoms with E-state index in [2.05, 4.69) is 10.3 Å². The third-order valence-electron chi connectivity index (χ3n) is 2.92. The van der Waals surface area contributed by atoms with Crippen molar-refractivity contribution in [2.24, 2.45) is 0 Å². The first kappa shape index (κ1) is 13.8. The summed E-state index contributed by atoms with van der Waals surface area (Å²) in [6, 6.07) is 0.0675. The van der Waals surface area contributed by atoms with Gasteiger partial charge < -0.3 is 15.1 Å². The van der Waals surface area contributed by atoms with Gasteiger partial charge >= 0.3 is 6.03 Å². The SMILES string of the molecule is CC(C)NC(=O)N1CCN(C(=O)c2cscn2)CC1. The van der Waals surface area contributed by atoms with Crippen LogP contribution in [0, 0.1) is 0 Å².